The molecule has 0 aliphatic rings. The maximum Gasteiger partial charge on any atom is 0.183 e. The van der Waals surface area contributed by atoms with Crippen LogP contribution in [0.5, 0.6) is 0 Å². The lowest BCUT2D eigenvalue weighted by atomic mass is 10.3. The van der Waals surface area contributed by atoms with Gasteiger partial charge >= 0.3 is 0 Å². The van der Waals surface area contributed by atoms with E-state index >= 15 is 0 Å². The number of nitrogens with zero attached hydrogens (tertiary/aromatic N) is 1. The van der Waals surface area contributed by atoms with Crippen molar-refractivity contribution in [1.29, 1.82) is 0 Å². The van der Waals surface area contributed by atoms with E-state index in [4.69, 9.17) is 4.74 Å². The third kappa shape index (κ3) is 4.75. The Bertz CT molecular complexity index is 515. The van der Waals surface area contributed by atoms with Crippen molar-refractivity contribution in [2.75, 3.05) is 25.1 Å². The third-order valence-corrected chi connectivity index (χ3v) is 4.20. The molecule has 2 aromatic rings. The van der Waals surface area contributed by atoms with Gasteiger partial charge in [0.2, 0.25) is 0 Å². The summed E-state index contributed by atoms with van der Waals surface area (Å²) in [4.78, 5) is 4.55. The van der Waals surface area contributed by atoms with Crippen LogP contribution in [0, 0.1) is 0 Å². The molecule has 3 nitrogen and oxygen atoms in total. The quantitative estimate of drug-likeness (QED) is 0.707. The minimum Gasteiger partial charge on any atom is -0.381 e. The maximum absolute atomic E-state index is 5.52. The summed E-state index contributed by atoms with van der Waals surface area (Å²) in [6.07, 6.45) is 3.36. The molecule has 0 atom stereocenters. The van der Waals surface area contributed by atoms with E-state index in [0.29, 0.717) is 0 Å². The molecule has 0 unspecified atom stereocenters. The van der Waals surface area contributed by atoms with Crippen LogP contribution < -0.4 is 5.32 Å². The molecular formula is C14H19BrN2OS. The van der Waals surface area contributed by atoms with E-state index in [9.17, 15) is 0 Å². The molecule has 0 fully saturated rings. The Morgan fingerprint density at radius 3 is 3.00 bits per heavy atom. The molecule has 1 aromatic carbocycles. The van der Waals surface area contributed by atoms with Crippen LogP contribution in [0.1, 0.15) is 26.2 Å². The minimum absolute atomic E-state index is 0.823. The van der Waals surface area contributed by atoms with Gasteiger partial charge in [0.05, 0.1) is 10.2 Å². The van der Waals surface area contributed by atoms with Crippen molar-refractivity contribution >= 4 is 42.6 Å². The van der Waals surface area contributed by atoms with E-state index in [1.54, 1.807) is 11.3 Å². The van der Waals surface area contributed by atoms with Gasteiger partial charge in [0.1, 0.15) is 0 Å². The fraction of sp³-hybridized carbons (Fsp3) is 0.500. The van der Waals surface area contributed by atoms with Gasteiger partial charge in [0.25, 0.3) is 0 Å². The highest BCUT2D eigenvalue weighted by Gasteiger charge is 2.03. The fourth-order valence-corrected chi connectivity index (χ4v) is 3.14. The molecule has 0 bridgehead atoms. The zero-order valence-corrected chi connectivity index (χ0v) is 13.5. The average Bonchev–Trinajstić information content (AvgIpc) is 2.79. The molecule has 104 valence electrons. The number of hydrogen-bond acceptors (Lipinski definition) is 4. The molecule has 0 saturated heterocycles. The lowest BCUT2D eigenvalue weighted by Crippen LogP contribution is -2.05. The van der Waals surface area contributed by atoms with Gasteiger partial charge in [-0.3, -0.25) is 0 Å². The van der Waals surface area contributed by atoms with Gasteiger partial charge in [-0.25, -0.2) is 4.98 Å². The van der Waals surface area contributed by atoms with Crippen LogP contribution in [0.4, 0.5) is 5.13 Å². The average molecular weight is 343 g/mol. The second-order valence-corrected chi connectivity index (χ2v) is 6.32. The smallest absolute Gasteiger partial charge is 0.183 e. The summed E-state index contributed by atoms with van der Waals surface area (Å²) in [6.45, 7) is 4.79. The number of rotatable bonds is 8. The molecular weight excluding hydrogens is 324 g/mol. The van der Waals surface area contributed by atoms with E-state index in [0.717, 1.165) is 47.7 Å². The number of benzene rings is 1. The topological polar surface area (TPSA) is 34.1 Å². The summed E-state index contributed by atoms with van der Waals surface area (Å²) in [5.41, 5.74) is 1.05. The first-order valence-electron chi connectivity index (χ1n) is 6.67. The molecule has 1 heterocycles. The number of thiazole rings is 1. The zero-order valence-electron chi connectivity index (χ0n) is 11.1. The molecule has 1 N–H and O–H groups in total. The molecule has 1 aromatic heterocycles. The van der Waals surface area contributed by atoms with Crippen LogP contribution in [0.3, 0.4) is 0 Å². The Morgan fingerprint density at radius 1 is 1.32 bits per heavy atom. The van der Waals surface area contributed by atoms with Crippen LogP contribution in [0.2, 0.25) is 0 Å². The molecule has 5 heteroatoms. The Kier molecular flexibility index (Phi) is 6.07. The summed E-state index contributed by atoms with van der Waals surface area (Å²) in [7, 11) is 0. The van der Waals surface area contributed by atoms with E-state index < -0.39 is 0 Å². The van der Waals surface area contributed by atoms with Crippen LogP contribution in [0.15, 0.2) is 22.7 Å². The Morgan fingerprint density at radius 2 is 2.16 bits per heavy atom. The minimum atomic E-state index is 0.823. The predicted octanol–water partition coefficient (Wildman–Crippen LogP) is 4.68. The number of halogens is 1. The van der Waals surface area contributed by atoms with Crippen molar-refractivity contribution in [2.24, 2.45) is 0 Å². The number of ether oxygens (including phenoxy) is 1. The first-order chi connectivity index (χ1) is 9.29. The number of anilines is 1. The van der Waals surface area contributed by atoms with E-state index in [2.05, 4.69) is 39.2 Å². The number of nitrogens with one attached hydrogen (secondary N) is 1. The van der Waals surface area contributed by atoms with Gasteiger partial charge in [-0.05, 0) is 31.0 Å². The first kappa shape index (κ1) is 14.8. The van der Waals surface area contributed by atoms with Crippen molar-refractivity contribution in [1.82, 2.24) is 4.98 Å². The number of aromatic nitrogens is 1. The van der Waals surface area contributed by atoms with Gasteiger partial charge in [-0.15, -0.1) is 0 Å². The van der Waals surface area contributed by atoms with Gasteiger partial charge in [0.15, 0.2) is 5.13 Å². The molecule has 0 spiro atoms. The molecule has 0 aliphatic carbocycles. The molecule has 2 rings (SSSR count). The van der Waals surface area contributed by atoms with Gasteiger partial charge in [-0.1, -0.05) is 40.6 Å². The standard InChI is InChI=1S/C14H19BrN2OS/c1-2-3-8-18-9-4-7-16-14-17-12-6-5-11(15)10-13(12)19-14/h5-6,10H,2-4,7-9H2,1H3,(H,16,17). The van der Waals surface area contributed by atoms with Gasteiger partial charge in [-0.2, -0.15) is 0 Å². The second kappa shape index (κ2) is 7.82. The van der Waals surface area contributed by atoms with Gasteiger partial charge < -0.3 is 10.1 Å². The molecule has 0 amide bonds. The van der Waals surface area contributed by atoms with Crippen LogP contribution >= 0.6 is 27.3 Å². The SMILES string of the molecule is CCCCOCCCNc1nc2ccc(Br)cc2s1. The Hall–Kier alpha value is -0.650. The summed E-state index contributed by atoms with van der Waals surface area (Å²) >= 11 is 5.17. The Balaban J connectivity index is 1.72. The van der Waals surface area contributed by atoms with E-state index in [1.165, 1.54) is 11.1 Å². The Labute approximate surface area is 126 Å². The maximum atomic E-state index is 5.52. The largest absolute Gasteiger partial charge is 0.381 e. The van der Waals surface area contributed by atoms with Crippen LogP contribution in [-0.2, 0) is 4.74 Å². The van der Waals surface area contributed by atoms with E-state index in [-0.39, 0.29) is 0 Å². The van der Waals surface area contributed by atoms with Crippen LogP contribution in [0.25, 0.3) is 10.2 Å². The van der Waals surface area contributed by atoms with Crippen molar-refractivity contribution in [2.45, 2.75) is 26.2 Å². The second-order valence-electron chi connectivity index (χ2n) is 4.38. The molecule has 19 heavy (non-hydrogen) atoms. The first-order valence-corrected chi connectivity index (χ1v) is 8.28. The highest BCUT2D eigenvalue weighted by molar-refractivity contribution is 9.10. The summed E-state index contributed by atoms with van der Waals surface area (Å²) in [6, 6.07) is 6.16. The number of unbranched alkanes of at least 4 members (excludes halogenated alkanes) is 1. The lowest BCUT2D eigenvalue weighted by Gasteiger charge is -2.03. The zero-order chi connectivity index (χ0) is 13.5. The predicted molar refractivity (Wildman–Crippen MR) is 86.2 cm³/mol. The van der Waals surface area contributed by atoms with Crippen molar-refractivity contribution in [3.8, 4) is 0 Å². The summed E-state index contributed by atoms with van der Waals surface area (Å²) < 4.78 is 7.82. The monoisotopic (exact) mass is 342 g/mol. The summed E-state index contributed by atoms with van der Waals surface area (Å²) in [5.74, 6) is 0. The van der Waals surface area contributed by atoms with Crippen molar-refractivity contribution in [3.63, 3.8) is 0 Å². The summed E-state index contributed by atoms with van der Waals surface area (Å²) in [5, 5.41) is 4.34. The molecule has 0 aliphatic heterocycles. The highest BCUT2D eigenvalue weighted by Crippen LogP contribution is 2.28. The van der Waals surface area contributed by atoms with Crippen LogP contribution in [-0.4, -0.2) is 24.7 Å². The van der Waals surface area contributed by atoms with E-state index in [1.807, 2.05) is 12.1 Å². The number of fused-ring (bicyclic) bond motifs is 1. The highest BCUT2D eigenvalue weighted by atomic mass is 79.9. The van der Waals surface area contributed by atoms with Crippen molar-refractivity contribution in [3.05, 3.63) is 22.7 Å². The third-order valence-electron chi connectivity index (χ3n) is 2.73. The fourth-order valence-electron chi connectivity index (χ4n) is 1.69. The van der Waals surface area contributed by atoms with Crippen molar-refractivity contribution < 1.29 is 4.74 Å². The number of hydrogen-bond donors (Lipinski definition) is 1. The normalized spacial score (nSPS) is 11.1. The lowest BCUT2D eigenvalue weighted by molar-refractivity contribution is 0.131. The molecule has 0 radical (unpaired) electrons. The van der Waals surface area contributed by atoms with Gasteiger partial charge in [0, 0.05) is 24.2 Å². The molecule has 0 saturated carbocycles.